The number of amides is 1. The van der Waals surface area contributed by atoms with E-state index in [1.165, 1.54) is 11.0 Å². The molecule has 0 fully saturated rings. The van der Waals surface area contributed by atoms with Gasteiger partial charge in [0.25, 0.3) is 5.95 Å². The molecule has 1 amide bonds. The summed E-state index contributed by atoms with van der Waals surface area (Å²) in [5.41, 5.74) is 5.12. The summed E-state index contributed by atoms with van der Waals surface area (Å²) in [6.45, 7) is 6.76. The fourth-order valence-corrected chi connectivity index (χ4v) is 2.18. The van der Waals surface area contributed by atoms with Crippen molar-refractivity contribution in [2.75, 3.05) is 22.9 Å². The molecule has 1 atom stereocenters. The zero-order valence-electron chi connectivity index (χ0n) is 13.9. The van der Waals surface area contributed by atoms with E-state index in [2.05, 4.69) is 42.6 Å². The number of rotatable bonds is 9. The molecule has 0 aliphatic rings. The van der Waals surface area contributed by atoms with Gasteiger partial charge in [-0.1, -0.05) is 18.7 Å². The predicted octanol–water partition coefficient (Wildman–Crippen LogP) is 0.672. The highest BCUT2D eigenvalue weighted by Gasteiger charge is 2.12. The van der Waals surface area contributed by atoms with Gasteiger partial charge in [0.05, 0.1) is 5.75 Å². The van der Waals surface area contributed by atoms with Gasteiger partial charge in [-0.3, -0.25) is 4.79 Å². The monoisotopic (exact) mass is 351 g/mol. The summed E-state index contributed by atoms with van der Waals surface area (Å²) in [5, 5.41) is 11.0. The smallest absolute Gasteiger partial charge is 0.258 e. The summed E-state index contributed by atoms with van der Waals surface area (Å²) in [4.78, 5) is 28.0. The van der Waals surface area contributed by atoms with Crippen molar-refractivity contribution in [3.05, 3.63) is 6.33 Å². The fraction of sp³-hybridized carbons (Fsp3) is 0.538. The number of carbonyl (C=O) groups excluding carboxylic acids is 1. The van der Waals surface area contributed by atoms with Gasteiger partial charge in [0.1, 0.15) is 6.33 Å². The molecule has 0 saturated heterocycles. The van der Waals surface area contributed by atoms with E-state index < -0.39 is 5.91 Å². The highest BCUT2D eigenvalue weighted by molar-refractivity contribution is 7.99. The molecule has 2 heterocycles. The lowest BCUT2D eigenvalue weighted by Crippen LogP contribution is -2.18. The molecule has 0 radical (unpaired) electrons. The van der Waals surface area contributed by atoms with E-state index in [0.29, 0.717) is 29.5 Å². The average Bonchev–Trinajstić information content (AvgIpc) is 3.02. The molecule has 0 saturated carbocycles. The van der Waals surface area contributed by atoms with Crippen molar-refractivity contribution >= 4 is 29.6 Å². The molecule has 10 nitrogen and oxygen atoms in total. The molecule has 24 heavy (non-hydrogen) atoms. The second-order valence-electron chi connectivity index (χ2n) is 4.99. The zero-order chi connectivity index (χ0) is 17.5. The maximum Gasteiger partial charge on any atom is 0.258 e. The number of anilines is 2. The molecule has 130 valence electrons. The zero-order valence-corrected chi connectivity index (χ0v) is 14.7. The first-order valence-electron chi connectivity index (χ1n) is 7.61. The van der Waals surface area contributed by atoms with Gasteiger partial charge in [0, 0.05) is 12.6 Å². The molecular formula is C13H21N9OS. The van der Waals surface area contributed by atoms with Gasteiger partial charge in [-0.25, -0.2) is 4.98 Å². The van der Waals surface area contributed by atoms with Crippen LogP contribution in [0.1, 0.15) is 27.2 Å². The molecule has 0 aliphatic heterocycles. The van der Waals surface area contributed by atoms with E-state index in [4.69, 9.17) is 5.73 Å². The number of carbonyl (C=O) groups is 1. The van der Waals surface area contributed by atoms with Crippen molar-refractivity contribution < 1.29 is 4.79 Å². The maximum atomic E-state index is 10.8. The third kappa shape index (κ3) is 5.05. The number of primary amides is 1. The molecular weight excluding hydrogens is 330 g/mol. The Kier molecular flexibility index (Phi) is 6.29. The standard InChI is InChI=1S/C13H21N9OS/c1-4-8(3)17-11-18-10(15-5-2)19-12(20-11)22-7-16-13(21-22)24-6-9(14)23/h7-8H,4-6H2,1-3H3,(H2,14,23)(H2,15,17,18,19,20)/t8-/m0/s1. The van der Waals surface area contributed by atoms with E-state index in [1.54, 1.807) is 0 Å². The van der Waals surface area contributed by atoms with Crippen LogP contribution in [0.4, 0.5) is 11.9 Å². The third-order valence-corrected chi connectivity index (χ3v) is 3.84. The van der Waals surface area contributed by atoms with Crippen LogP contribution in [0, 0.1) is 0 Å². The molecule has 4 N–H and O–H groups in total. The lowest BCUT2D eigenvalue weighted by atomic mass is 10.3. The number of nitrogens with one attached hydrogen (secondary N) is 2. The van der Waals surface area contributed by atoms with E-state index in [-0.39, 0.29) is 11.8 Å². The third-order valence-electron chi connectivity index (χ3n) is 2.97. The minimum absolute atomic E-state index is 0.116. The van der Waals surface area contributed by atoms with Gasteiger partial charge in [-0.15, -0.1) is 5.10 Å². The molecule has 2 aromatic rings. The van der Waals surface area contributed by atoms with Crippen molar-refractivity contribution in [2.24, 2.45) is 5.73 Å². The number of nitrogens with zero attached hydrogens (tertiary/aromatic N) is 6. The average molecular weight is 351 g/mol. The highest BCUT2D eigenvalue weighted by Crippen LogP contribution is 2.14. The van der Waals surface area contributed by atoms with Crippen molar-refractivity contribution in [1.29, 1.82) is 0 Å². The summed E-state index contributed by atoms with van der Waals surface area (Å²) >= 11 is 1.16. The van der Waals surface area contributed by atoms with Gasteiger partial charge < -0.3 is 16.4 Å². The van der Waals surface area contributed by atoms with Crippen molar-refractivity contribution in [3.8, 4) is 5.95 Å². The highest BCUT2D eigenvalue weighted by atomic mass is 32.2. The summed E-state index contributed by atoms with van der Waals surface area (Å²) in [6.07, 6.45) is 2.43. The Balaban J connectivity index is 2.25. The Morgan fingerprint density at radius 3 is 2.75 bits per heavy atom. The predicted molar refractivity (Wildman–Crippen MR) is 92.2 cm³/mol. The van der Waals surface area contributed by atoms with Crippen LogP contribution in [0.25, 0.3) is 5.95 Å². The Hall–Kier alpha value is -2.43. The molecule has 0 aliphatic carbocycles. The van der Waals surface area contributed by atoms with Crippen molar-refractivity contribution in [1.82, 2.24) is 29.7 Å². The van der Waals surface area contributed by atoms with Gasteiger partial charge >= 0.3 is 0 Å². The molecule has 0 spiro atoms. The fourth-order valence-electron chi connectivity index (χ4n) is 1.64. The van der Waals surface area contributed by atoms with E-state index >= 15 is 0 Å². The lowest BCUT2D eigenvalue weighted by Gasteiger charge is -2.13. The Labute approximate surface area is 144 Å². The Bertz CT molecular complexity index is 690. The molecule has 0 aromatic carbocycles. The van der Waals surface area contributed by atoms with Crippen LogP contribution in [0.5, 0.6) is 0 Å². The minimum atomic E-state index is -0.425. The quantitative estimate of drug-likeness (QED) is 0.557. The summed E-state index contributed by atoms with van der Waals surface area (Å²) < 4.78 is 1.44. The number of nitrogens with two attached hydrogens (primary N) is 1. The summed E-state index contributed by atoms with van der Waals surface area (Å²) in [6, 6.07) is 0.229. The molecule has 11 heteroatoms. The van der Waals surface area contributed by atoms with Crippen molar-refractivity contribution in [2.45, 2.75) is 38.4 Å². The van der Waals surface area contributed by atoms with Crippen LogP contribution in [-0.2, 0) is 4.79 Å². The lowest BCUT2D eigenvalue weighted by molar-refractivity contribution is -0.115. The summed E-state index contributed by atoms with van der Waals surface area (Å²) in [7, 11) is 0. The number of hydrogen-bond acceptors (Lipinski definition) is 9. The van der Waals surface area contributed by atoms with Crippen molar-refractivity contribution in [3.63, 3.8) is 0 Å². The SMILES string of the molecule is CCNc1nc(N[C@@H](C)CC)nc(-n2cnc(SCC(N)=O)n2)n1. The van der Waals surface area contributed by atoms with E-state index in [1.807, 2.05) is 13.8 Å². The number of thioether (sulfide) groups is 1. The number of hydrogen-bond donors (Lipinski definition) is 3. The first-order chi connectivity index (χ1) is 11.5. The largest absolute Gasteiger partial charge is 0.369 e. The first-order valence-corrected chi connectivity index (χ1v) is 8.60. The molecule has 0 unspecified atom stereocenters. The van der Waals surface area contributed by atoms with Gasteiger partial charge in [-0.05, 0) is 20.3 Å². The summed E-state index contributed by atoms with van der Waals surface area (Å²) in [5.74, 6) is 0.948. The first kappa shape index (κ1) is 17.9. The van der Waals surface area contributed by atoms with Crippen LogP contribution < -0.4 is 16.4 Å². The van der Waals surface area contributed by atoms with E-state index in [9.17, 15) is 4.79 Å². The minimum Gasteiger partial charge on any atom is -0.369 e. The van der Waals surface area contributed by atoms with Crippen LogP contribution in [0.2, 0.25) is 0 Å². The van der Waals surface area contributed by atoms with Crippen LogP contribution in [-0.4, -0.2) is 54.0 Å². The molecule has 2 rings (SSSR count). The second kappa shape index (κ2) is 8.43. The van der Waals surface area contributed by atoms with Gasteiger partial charge in [0.2, 0.25) is 23.0 Å². The molecule has 2 aromatic heterocycles. The van der Waals surface area contributed by atoms with Gasteiger partial charge in [-0.2, -0.15) is 19.6 Å². The maximum absolute atomic E-state index is 10.8. The van der Waals surface area contributed by atoms with Gasteiger partial charge in [0.15, 0.2) is 0 Å². The van der Waals surface area contributed by atoms with Crippen LogP contribution in [0.15, 0.2) is 11.5 Å². The van der Waals surface area contributed by atoms with Crippen LogP contribution in [0.3, 0.4) is 0 Å². The van der Waals surface area contributed by atoms with Crippen LogP contribution >= 0.6 is 11.8 Å². The second-order valence-corrected chi connectivity index (χ2v) is 5.94. The normalized spacial score (nSPS) is 12.0. The number of aromatic nitrogens is 6. The Morgan fingerprint density at radius 2 is 2.08 bits per heavy atom. The molecule has 0 bridgehead atoms. The Morgan fingerprint density at radius 1 is 1.33 bits per heavy atom. The topological polar surface area (TPSA) is 137 Å². The van der Waals surface area contributed by atoms with E-state index in [0.717, 1.165) is 18.2 Å².